The Morgan fingerprint density at radius 3 is 2.66 bits per heavy atom. The number of fused-ring (bicyclic) bond motifs is 2. The van der Waals surface area contributed by atoms with Crippen molar-refractivity contribution in [1.29, 1.82) is 0 Å². The van der Waals surface area contributed by atoms with E-state index in [1.807, 2.05) is 36.7 Å². The lowest BCUT2D eigenvalue weighted by Crippen LogP contribution is -2.54. The minimum atomic E-state index is 0.497. The molecule has 0 saturated carbocycles. The second kappa shape index (κ2) is 7.98. The molecule has 1 aromatic carbocycles. The van der Waals surface area contributed by atoms with Crippen LogP contribution >= 0.6 is 12.2 Å². The van der Waals surface area contributed by atoms with Gasteiger partial charge in [-0.1, -0.05) is 6.07 Å². The van der Waals surface area contributed by atoms with Gasteiger partial charge < -0.3 is 13.7 Å². The van der Waals surface area contributed by atoms with Crippen molar-refractivity contribution in [3.05, 3.63) is 52.8 Å². The van der Waals surface area contributed by atoms with Gasteiger partial charge in [-0.05, 0) is 70.4 Å². The summed E-state index contributed by atoms with van der Waals surface area (Å²) in [6, 6.07) is 9.63. The third kappa shape index (κ3) is 3.69. The number of hydrogen-bond donors (Lipinski definition) is 0. The van der Waals surface area contributed by atoms with Crippen LogP contribution in [0.4, 0.5) is 5.69 Å². The van der Waals surface area contributed by atoms with E-state index in [1.54, 1.807) is 0 Å². The largest absolute Gasteiger partial charge is 0.443 e. The van der Waals surface area contributed by atoms with Gasteiger partial charge in [0.1, 0.15) is 5.69 Å². The van der Waals surface area contributed by atoms with Crippen molar-refractivity contribution in [1.82, 2.24) is 19.3 Å². The van der Waals surface area contributed by atoms with E-state index in [1.165, 1.54) is 5.69 Å². The van der Waals surface area contributed by atoms with E-state index in [9.17, 15) is 0 Å². The zero-order valence-electron chi connectivity index (χ0n) is 19.3. The summed E-state index contributed by atoms with van der Waals surface area (Å²) in [5, 5.41) is 2.04. The van der Waals surface area contributed by atoms with Gasteiger partial charge in [-0.3, -0.25) is 9.88 Å². The standard InChI is InChI=1S/C25H29N5OS/c1-15(2)30-9-8-28(13-17(30)4)20-7-6-19-10-23(31-25(32)21(19)11-20)22-14-29-12-16(3)26-18(5)24(29)27-22/h6-7,10-12,14-15,17H,8-9,13H2,1-5H3/t17-/m1/s1. The Labute approximate surface area is 193 Å². The maximum absolute atomic E-state index is 6.08. The SMILES string of the molecule is Cc1cn2cc(-c3cc4ccc(N5CCN(C(C)C)[C@H](C)C5)cc4c(=S)o3)nc2c(C)n1. The van der Waals surface area contributed by atoms with Crippen molar-refractivity contribution in [2.45, 2.75) is 46.7 Å². The highest BCUT2D eigenvalue weighted by atomic mass is 32.1. The summed E-state index contributed by atoms with van der Waals surface area (Å²) in [5.74, 6) is 0.676. The van der Waals surface area contributed by atoms with Crippen LogP contribution in [0.2, 0.25) is 0 Å². The quantitative estimate of drug-likeness (QED) is 0.392. The third-order valence-electron chi connectivity index (χ3n) is 6.43. The van der Waals surface area contributed by atoms with Crippen molar-refractivity contribution in [3.63, 3.8) is 0 Å². The first-order chi connectivity index (χ1) is 15.3. The summed E-state index contributed by atoms with van der Waals surface area (Å²) >= 11 is 5.67. The van der Waals surface area contributed by atoms with E-state index in [4.69, 9.17) is 21.6 Å². The lowest BCUT2D eigenvalue weighted by Gasteiger charge is -2.43. The summed E-state index contributed by atoms with van der Waals surface area (Å²) in [6.07, 6.45) is 3.95. The highest BCUT2D eigenvalue weighted by Crippen LogP contribution is 2.30. The Hall–Kier alpha value is -2.77. The molecule has 0 amide bonds. The molecule has 0 N–H and O–H groups in total. The molecule has 0 spiro atoms. The summed E-state index contributed by atoms with van der Waals surface area (Å²) in [6.45, 7) is 13.9. The van der Waals surface area contributed by atoms with Gasteiger partial charge in [0.25, 0.3) is 0 Å². The monoisotopic (exact) mass is 447 g/mol. The molecule has 1 aliphatic heterocycles. The molecule has 166 valence electrons. The molecule has 4 aromatic rings. The van der Waals surface area contributed by atoms with Crippen LogP contribution in [-0.2, 0) is 0 Å². The zero-order chi connectivity index (χ0) is 22.6. The van der Waals surface area contributed by atoms with E-state index >= 15 is 0 Å². The molecule has 3 aromatic heterocycles. The second-order valence-corrected chi connectivity index (χ2v) is 9.49. The maximum atomic E-state index is 6.08. The first-order valence-electron chi connectivity index (χ1n) is 11.2. The Bertz CT molecular complexity index is 1370. The van der Waals surface area contributed by atoms with E-state index in [0.29, 0.717) is 22.6 Å². The number of benzene rings is 1. The van der Waals surface area contributed by atoms with Crippen molar-refractivity contribution in [2.24, 2.45) is 0 Å². The summed E-state index contributed by atoms with van der Waals surface area (Å²) in [7, 11) is 0. The van der Waals surface area contributed by atoms with Gasteiger partial charge in [0, 0.05) is 55.2 Å². The predicted octanol–water partition coefficient (Wildman–Crippen LogP) is 5.41. The highest BCUT2D eigenvalue weighted by molar-refractivity contribution is 7.71. The fourth-order valence-corrected chi connectivity index (χ4v) is 5.16. The van der Waals surface area contributed by atoms with E-state index in [2.05, 4.69) is 53.8 Å². The molecule has 1 aliphatic rings. The van der Waals surface area contributed by atoms with Crippen molar-refractivity contribution < 1.29 is 4.42 Å². The Morgan fingerprint density at radius 1 is 1.09 bits per heavy atom. The summed E-state index contributed by atoms with van der Waals surface area (Å²) < 4.78 is 8.57. The van der Waals surface area contributed by atoms with Gasteiger partial charge in [-0.2, -0.15) is 0 Å². The molecule has 1 saturated heterocycles. The first kappa shape index (κ1) is 21.1. The number of aromatic nitrogens is 3. The summed E-state index contributed by atoms with van der Waals surface area (Å²) in [5.41, 5.74) is 4.64. The highest BCUT2D eigenvalue weighted by Gasteiger charge is 2.25. The Morgan fingerprint density at radius 2 is 1.91 bits per heavy atom. The third-order valence-corrected chi connectivity index (χ3v) is 6.73. The molecule has 0 bridgehead atoms. The fourth-order valence-electron chi connectivity index (χ4n) is 4.89. The lowest BCUT2D eigenvalue weighted by atomic mass is 10.1. The number of nitrogens with zero attached hydrogens (tertiary/aromatic N) is 5. The van der Waals surface area contributed by atoms with Crippen LogP contribution in [0, 0.1) is 18.6 Å². The smallest absolute Gasteiger partial charge is 0.198 e. The normalized spacial score (nSPS) is 17.7. The molecule has 0 aliphatic carbocycles. The average Bonchev–Trinajstić information content (AvgIpc) is 3.17. The number of imidazole rings is 1. The number of piperazine rings is 1. The van der Waals surface area contributed by atoms with Crippen LogP contribution in [-0.4, -0.2) is 51.0 Å². The number of aryl methyl sites for hydroxylation is 2. The maximum Gasteiger partial charge on any atom is 0.198 e. The molecule has 6 nitrogen and oxygen atoms in total. The van der Waals surface area contributed by atoms with Crippen LogP contribution < -0.4 is 4.90 Å². The van der Waals surface area contributed by atoms with Gasteiger partial charge >= 0.3 is 0 Å². The van der Waals surface area contributed by atoms with Gasteiger partial charge in [-0.25, -0.2) is 4.98 Å². The molecule has 32 heavy (non-hydrogen) atoms. The molecule has 5 rings (SSSR count). The van der Waals surface area contributed by atoms with Gasteiger partial charge in [0.2, 0.25) is 0 Å². The van der Waals surface area contributed by atoms with Crippen LogP contribution in [0.25, 0.3) is 27.9 Å². The molecular weight excluding hydrogens is 418 g/mol. The van der Waals surface area contributed by atoms with Crippen molar-refractivity contribution in [3.8, 4) is 11.5 Å². The van der Waals surface area contributed by atoms with E-state index in [-0.39, 0.29) is 0 Å². The van der Waals surface area contributed by atoms with E-state index < -0.39 is 0 Å². The van der Waals surface area contributed by atoms with Gasteiger partial charge in [0.05, 0.1) is 11.4 Å². The lowest BCUT2D eigenvalue weighted by molar-refractivity contribution is 0.148. The van der Waals surface area contributed by atoms with Gasteiger partial charge in [0.15, 0.2) is 16.1 Å². The minimum Gasteiger partial charge on any atom is -0.443 e. The molecule has 0 unspecified atom stereocenters. The fraction of sp³-hybridized carbons (Fsp3) is 0.400. The molecule has 1 fully saturated rings. The molecule has 0 radical (unpaired) electrons. The van der Waals surface area contributed by atoms with Crippen LogP contribution in [0.3, 0.4) is 0 Å². The Kier molecular flexibility index (Phi) is 5.26. The molecule has 4 heterocycles. The number of rotatable bonds is 3. The zero-order valence-corrected chi connectivity index (χ0v) is 20.1. The van der Waals surface area contributed by atoms with Crippen LogP contribution in [0.5, 0.6) is 0 Å². The van der Waals surface area contributed by atoms with Gasteiger partial charge in [-0.15, -0.1) is 0 Å². The summed E-state index contributed by atoms with van der Waals surface area (Å²) in [4.78, 5) is 14.3. The topological polar surface area (TPSA) is 49.8 Å². The predicted molar refractivity (Wildman–Crippen MR) is 132 cm³/mol. The van der Waals surface area contributed by atoms with Crippen molar-refractivity contribution in [2.75, 3.05) is 24.5 Å². The van der Waals surface area contributed by atoms with Crippen LogP contribution in [0.15, 0.2) is 41.1 Å². The van der Waals surface area contributed by atoms with E-state index in [0.717, 1.165) is 53.1 Å². The average molecular weight is 448 g/mol. The Balaban J connectivity index is 1.49. The van der Waals surface area contributed by atoms with Crippen LogP contribution in [0.1, 0.15) is 32.2 Å². The number of hydrogen-bond acceptors (Lipinski definition) is 6. The second-order valence-electron chi connectivity index (χ2n) is 9.12. The number of anilines is 1. The first-order valence-corrected chi connectivity index (χ1v) is 11.6. The van der Waals surface area contributed by atoms with Crippen molar-refractivity contribution >= 4 is 34.3 Å². The molecule has 7 heteroatoms. The minimum absolute atomic E-state index is 0.497. The molecular formula is C25H29N5OS. The molecule has 1 atom stereocenters.